The highest BCUT2D eigenvalue weighted by Crippen LogP contribution is 2.11. The van der Waals surface area contributed by atoms with Crippen LogP contribution < -0.4 is 11.2 Å². The van der Waals surface area contributed by atoms with Gasteiger partial charge in [0.15, 0.2) is 11.2 Å². The molecule has 3 heterocycles. The van der Waals surface area contributed by atoms with Crippen LogP contribution in [-0.2, 0) is 26.1 Å². The number of fused-ring (bicyclic) bond motifs is 1. The molecule has 8 nitrogen and oxygen atoms in total. The van der Waals surface area contributed by atoms with E-state index >= 15 is 0 Å². The lowest BCUT2D eigenvalue weighted by Crippen LogP contribution is -2.40. The third-order valence-electron chi connectivity index (χ3n) is 5.54. The molecule has 0 radical (unpaired) electrons. The Morgan fingerprint density at radius 3 is 2.56 bits per heavy atom. The van der Waals surface area contributed by atoms with Crippen LogP contribution in [0.2, 0.25) is 5.28 Å². The molecule has 0 saturated carbocycles. The molecule has 32 heavy (non-hydrogen) atoms. The number of aryl methyl sites for hydroxylation is 2. The summed E-state index contributed by atoms with van der Waals surface area (Å²) in [6.45, 7) is 3.64. The molecule has 0 amide bonds. The number of nitrogens with one attached hydrogen (secondary N) is 1. The van der Waals surface area contributed by atoms with E-state index in [0.717, 1.165) is 31.2 Å². The summed E-state index contributed by atoms with van der Waals surface area (Å²) < 4.78 is 4.75. The number of rotatable bonds is 10. The summed E-state index contributed by atoms with van der Waals surface area (Å²) in [5.41, 5.74) is 2.16. The van der Waals surface area contributed by atoms with Crippen LogP contribution in [0.1, 0.15) is 43.7 Å². The minimum absolute atomic E-state index is 0.115. The highest BCUT2D eigenvalue weighted by molar-refractivity contribution is 6.28. The van der Waals surface area contributed by atoms with Gasteiger partial charge in [0, 0.05) is 19.3 Å². The fraction of sp³-hybridized carbons (Fsp3) is 0.391. The molecule has 1 aromatic carbocycles. The van der Waals surface area contributed by atoms with Gasteiger partial charge in [-0.3, -0.25) is 18.6 Å². The molecule has 4 aromatic rings. The number of aromatic nitrogens is 6. The van der Waals surface area contributed by atoms with Crippen molar-refractivity contribution in [1.82, 2.24) is 28.9 Å². The molecule has 0 aliphatic carbocycles. The second-order valence-corrected chi connectivity index (χ2v) is 8.32. The lowest BCUT2D eigenvalue weighted by atomic mass is 10.2. The van der Waals surface area contributed by atoms with Gasteiger partial charge in [-0.2, -0.15) is 10.1 Å². The quantitative estimate of drug-likeness (QED) is 0.293. The minimum atomic E-state index is -0.379. The van der Waals surface area contributed by atoms with Crippen LogP contribution in [-0.4, -0.2) is 28.9 Å². The topological polar surface area (TPSA) is 90.5 Å². The summed E-state index contributed by atoms with van der Waals surface area (Å²) in [6.07, 6.45) is 8.10. The molecular formula is C23H27ClN6O2. The summed E-state index contributed by atoms with van der Waals surface area (Å²) in [6, 6.07) is 10.1. The van der Waals surface area contributed by atoms with Crippen LogP contribution in [0, 0.1) is 0 Å². The number of benzene rings is 1. The average Bonchev–Trinajstić information content (AvgIpc) is 3.40. The Morgan fingerprint density at radius 1 is 1.00 bits per heavy atom. The molecule has 0 spiro atoms. The second kappa shape index (κ2) is 9.99. The Labute approximate surface area is 190 Å². The number of imidazole rings is 1. The van der Waals surface area contributed by atoms with Gasteiger partial charge in [0.05, 0.1) is 12.7 Å². The molecule has 0 fully saturated rings. The second-order valence-electron chi connectivity index (χ2n) is 7.96. The van der Waals surface area contributed by atoms with Gasteiger partial charge in [0.1, 0.15) is 0 Å². The lowest BCUT2D eigenvalue weighted by molar-refractivity contribution is 0.526. The maximum atomic E-state index is 13.1. The Balaban J connectivity index is 1.48. The third-order valence-corrected chi connectivity index (χ3v) is 5.72. The van der Waals surface area contributed by atoms with Crippen molar-refractivity contribution in [2.75, 3.05) is 0 Å². The highest BCUT2D eigenvalue weighted by atomic mass is 35.5. The van der Waals surface area contributed by atoms with Crippen molar-refractivity contribution in [3.8, 4) is 0 Å². The van der Waals surface area contributed by atoms with Gasteiger partial charge in [-0.25, -0.2) is 4.79 Å². The van der Waals surface area contributed by atoms with E-state index in [1.165, 1.54) is 10.1 Å². The van der Waals surface area contributed by atoms with Crippen molar-refractivity contribution >= 4 is 22.8 Å². The Bertz CT molecular complexity index is 1300. The zero-order valence-corrected chi connectivity index (χ0v) is 18.9. The number of hydrogen-bond acceptors (Lipinski definition) is 4. The lowest BCUT2D eigenvalue weighted by Gasteiger charge is -2.11. The van der Waals surface area contributed by atoms with Gasteiger partial charge in [-0.1, -0.05) is 50.1 Å². The first-order chi connectivity index (χ1) is 15.6. The fourth-order valence-electron chi connectivity index (χ4n) is 3.89. The molecule has 0 aliphatic rings. The van der Waals surface area contributed by atoms with E-state index in [9.17, 15) is 9.59 Å². The van der Waals surface area contributed by atoms with Crippen molar-refractivity contribution in [3.63, 3.8) is 0 Å². The number of aromatic amines is 1. The maximum Gasteiger partial charge on any atom is 0.332 e. The predicted octanol–water partition coefficient (Wildman–Crippen LogP) is 3.61. The van der Waals surface area contributed by atoms with E-state index in [0.29, 0.717) is 31.7 Å². The normalized spacial score (nSPS) is 11.4. The number of nitrogens with zero attached hydrogens (tertiary/aromatic N) is 5. The molecule has 4 rings (SSSR count). The van der Waals surface area contributed by atoms with Gasteiger partial charge >= 0.3 is 5.69 Å². The van der Waals surface area contributed by atoms with E-state index < -0.39 is 0 Å². The number of unbranched alkanes of at least 4 members (excludes halogenated alkanes) is 2. The van der Waals surface area contributed by atoms with Crippen LogP contribution in [0.5, 0.6) is 0 Å². The van der Waals surface area contributed by atoms with Crippen LogP contribution in [0.4, 0.5) is 0 Å². The van der Waals surface area contributed by atoms with Gasteiger partial charge in [-0.05, 0) is 42.0 Å². The summed E-state index contributed by atoms with van der Waals surface area (Å²) in [7, 11) is 0. The Kier molecular flexibility index (Phi) is 6.90. The van der Waals surface area contributed by atoms with Crippen LogP contribution in [0.3, 0.4) is 0 Å². The largest absolute Gasteiger partial charge is 0.332 e. The Hall–Kier alpha value is -3.13. The third kappa shape index (κ3) is 4.85. The van der Waals surface area contributed by atoms with Gasteiger partial charge in [-0.15, -0.1) is 0 Å². The summed E-state index contributed by atoms with van der Waals surface area (Å²) >= 11 is 6.00. The smallest absolute Gasteiger partial charge is 0.323 e. The predicted molar refractivity (Wildman–Crippen MR) is 125 cm³/mol. The molecule has 0 aliphatic heterocycles. The van der Waals surface area contributed by atoms with Gasteiger partial charge < -0.3 is 4.98 Å². The standard InChI is InChI=1S/C23H27ClN6O2/c1-2-3-7-12-29-20-19(26-22(24)27-20)21(31)30(23(29)32)13-8-11-18-14-25-28(16-18)15-17-9-5-4-6-10-17/h4-6,9-10,14,16H,2-3,7-8,11-13,15H2,1H3,(H,26,27). The number of H-pyrrole nitrogens is 1. The van der Waals surface area contributed by atoms with Crippen molar-refractivity contribution in [2.24, 2.45) is 0 Å². The summed E-state index contributed by atoms with van der Waals surface area (Å²) in [5, 5.41) is 4.54. The fourth-order valence-corrected chi connectivity index (χ4v) is 4.07. The zero-order chi connectivity index (χ0) is 22.5. The molecule has 0 unspecified atom stereocenters. The molecule has 0 saturated heterocycles. The van der Waals surface area contributed by atoms with Crippen molar-refractivity contribution in [2.45, 2.75) is 58.7 Å². The number of halogens is 1. The number of hydrogen-bond donors (Lipinski definition) is 1. The Morgan fingerprint density at radius 2 is 1.78 bits per heavy atom. The van der Waals surface area contributed by atoms with E-state index in [1.807, 2.05) is 35.3 Å². The molecule has 3 aromatic heterocycles. The van der Waals surface area contributed by atoms with Crippen molar-refractivity contribution in [1.29, 1.82) is 0 Å². The molecule has 168 valence electrons. The molecule has 9 heteroatoms. The van der Waals surface area contributed by atoms with Gasteiger partial charge in [0.25, 0.3) is 5.56 Å². The zero-order valence-electron chi connectivity index (χ0n) is 18.1. The first-order valence-corrected chi connectivity index (χ1v) is 11.4. The first kappa shape index (κ1) is 22.1. The summed E-state index contributed by atoms with van der Waals surface area (Å²) in [5.74, 6) is 0. The molecular weight excluding hydrogens is 428 g/mol. The van der Waals surface area contributed by atoms with Crippen LogP contribution >= 0.6 is 11.6 Å². The summed E-state index contributed by atoms with van der Waals surface area (Å²) in [4.78, 5) is 32.9. The van der Waals surface area contributed by atoms with Gasteiger partial charge in [0.2, 0.25) is 5.28 Å². The average molecular weight is 455 g/mol. The highest BCUT2D eigenvalue weighted by Gasteiger charge is 2.16. The monoisotopic (exact) mass is 454 g/mol. The minimum Gasteiger partial charge on any atom is -0.323 e. The van der Waals surface area contributed by atoms with E-state index in [4.69, 9.17) is 11.6 Å². The first-order valence-electron chi connectivity index (χ1n) is 11.0. The molecule has 0 bridgehead atoms. The van der Waals surface area contributed by atoms with Crippen molar-refractivity contribution < 1.29 is 0 Å². The molecule has 1 N–H and O–H groups in total. The molecule has 0 atom stereocenters. The van der Waals surface area contributed by atoms with E-state index in [2.05, 4.69) is 34.1 Å². The van der Waals surface area contributed by atoms with E-state index in [1.54, 1.807) is 4.57 Å². The SMILES string of the molecule is CCCCCn1c(=O)n(CCCc2cnn(Cc3ccccc3)c2)c(=O)c2[nH]c(Cl)nc21. The van der Waals surface area contributed by atoms with Crippen LogP contribution in [0.15, 0.2) is 52.3 Å². The van der Waals surface area contributed by atoms with E-state index in [-0.39, 0.29) is 22.0 Å². The van der Waals surface area contributed by atoms with Crippen LogP contribution in [0.25, 0.3) is 11.2 Å². The van der Waals surface area contributed by atoms with Crippen molar-refractivity contribution in [3.05, 3.63) is 80.0 Å². The maximum absolute atomic E-state index is 13.1.